The molecule has 260 valence electrons. The van der Waals surface area contributed by atoms with Crippen LogP contribution in [0.3, 0.4) is 0 Å². The van der Waals surface area contributed by atoms with Gasteiger partial charge in [-0.1, -0.05) is 109 Å². The summed E-state index contributed by atoms with van der Waals surface area (Å²) in [5, 5.41) is 4.58. The van der Waals surface area contributed by atoms with Gasteiger partial charge in [0.15, 0.2) is 5.17 Å². The Morgan fingerprint density at radius 3 is 2.02 bits per heavy atom. The van der Waals surface area contributed by atoms with E-state index in [-0.39, 0.29) is 12.3 Å². The van der Waals surface area contributed by atoms with Crippen LogP contribution in [0.25, 0.3) is 11.1 Å². The molecular formula is C43H36F2N4O2S. The summed E-state index contributed by atoms with van der Waals surface area (Å²) >= 11 is 1.61. The van der Waals surface area contributed by atoms with Crippen LogP contribution in [-0.2, 0) is 23.9 Å². The topological polar surface area (TPSA) is 68.6 Å². The molecule has 0 amide bonds. The van der Waals surface area contributed by atoms with E-state index in [1.807, 2.05) is 60.7 Å². The Labute approximate surface area is 306 Å². The molecular weight excluding hydrogens is 675 g/mol. The van der Waals surface area contributed by atoms with E-state index in [0.29, 0.717) is 34.5 Å². The summed E-state index contributed by atoms with van der Waals surface area (Å²) in [5.41, 5.74) is 4.98. The lowest BCUT2D eigenvalue weighted by atomic mass is 9.66. The molecule has 4 aromatic carbocycles. The molecule has 8 rings (SSSR count). The maximum atomic E-state index is 16.3. The van der Waals surface area contributed by atoms with Crippen molar-refractivity contribution in [1.29, 1.82) is 0 Å². The number of benzene rings is 4. The van der Waals surface area contributed by atoms with Gasteiger partial charge in [0.2, 0.25) is 5.88 Å². The van der Waals surface area contributed by atoms with E-state index in [4.69, 9.17) is 19.5 Å². The number of aliphatic imine (C=N–C) groups is 1. The molecule has 0 radical (unpaired) electrons. The van der Waals surface area contributed by atoms with Crippen molar-refractivity contribution in [2.45, 2.75) is 23.9 Å². The van der Waals surface area contributed by atoms with Gasteiger partial charge in [0.05, 0.1) is 19.8 Å². The van der Waals surface area contributed by atoms with Gasteiger partial charge in [0.1, 0.15) is 22.9 Å². The number of nitrogens with one attached hydrogen (secondary N) is 1. The van der Waals surface area contributed by atoms with Crippen LogP contribution in [0.15, 0.2) is 139 Å². The van der Waals surface area contributed by atoms with Gasteiger partial charge < -0.3 is 14.8 Å². The Hall–Kier alpha value is -5.54. The molecule has 2 atom stereocenters. The summed E-state index contributed by atoms with van der Waals surface area (Å²) in [4.78, 5) is 14.7. The van der Waals surface area contributed by atoms with Crippen LogP contribution < -0.4 is 14.8 Å². The molecule has 0 bridgehead atoms. The number of amidine groups is 1. The summed E-state index contributed by atoms with van der Waals surface area (Å²) in [6.45, 7) is 0. The Bertz CT molecular complexity index is 2160. The van der Waals surface area contributed by atoms with Crippen LogP contribution in [0.5, 0.6) is 11.6 Å². The minimum absolute atomic E-state index is 0.163. The van der Waals surface area contributed by atoms with E-state index in [1.54, 1.807) is 50.6 Å². The van der Waals surface area contributed by atoms with Crippen LogP contribution in [0.2, 0.25) is 0 Å². The number of hydrogen-bond acceptors (Lipinski definition) is 7. The Balaban J connectivity index is 1.35. The quantitative estimate of drug-likeness (QED) is 0.160. The van der Waals surface area contributed by atoms with Crippen LogP contribution in [0, 0.1) is 17.6 Å². The third-order valence-electron chi connectivity index (χ3n) is 10.3. The van der Waals surface area contributed by atoms with Gasteiger partial charge in [-0.25, -0.2) is 13.8 Å². The highest BCUT2D eigenvalue weighted by molar-refractivity contribution is 8.13. The number of pyridine rings is 2. The fourth-order valence-electron chi connectivity index (χ4n) is 7.93. The summed E-state index contributed by atoms with van der Waals surface area (Å²) in [5.74, 6) is 0.290. The van der Waals surface area contributed by atoms with Crippen LogP contribution in [-0.4, -0.2) is 35.1 Å². The second kappa shape index (κ2) is 13.9. The summed E-state index contributed by atoms with van der Waals surface area (Å²) in [7, 11) is 3.22. The van der Waals surface area contributed by atoms with E-state index in [9.17, 15) is 4.39 Å². The van der Waals surface area contributed by atoms with Crippen LogP contribution in [0.1, 0.15) is 33.4 Å². The normalized spacial score (nSPS) is 18.1. The zero-order valence-corrected chi connectivity index (χ0v) is 29.5. The smallest absolute Gasteiger partial charge is 0.216 e. The SMILES string of the molecule is COc1ccncc1-c1cnc(OC)c2c1C[C@H]1CSC(NC(c3ccccc3)(c3ccccc3)c3ccccc3)=N[C@@]1(c1ccc(F)cc1F)C2. The molecule has 3 heterocycles. The first kappa shape index (κ1) is 33.6. The van der Waals surface area contributed by atoms with Gasteiger partial charge in [-0.3, -0.25) is 9.98 Å². The maximum Gasteiger partial charge on any atom is 0.216 e. The minimum Gasteiger partial charge on any atom is -0.496 e. The number of ether oxygens (including phenoxy) is 2. The van der Waals surface area contributed by atoms with E-state index in [0.717, 1.165) is 45.0 Å². The lowest BCUT2D eigenvalue weighted by molar-refractivity contribution is 0.261. The van der Waals surface area contributed by atoms with Crippen LogP contribution in [0.4, 0.5) is 8.78 Å². The second-order valence-electron chi connectivity index (χ2n) is 13.0. The molecule has 52 heavy (non-hydrogen) atoms. The number of rotatable bonds is 8. The number of thioether (sulfide) groups is 1. The fourth-order valence-corrected chi connectivity index (χ4v) is 9.13. The van der Waals surface area contributed by atoms with Crippen molar-refractivity contribution in [2.75, 3.05) is 20.0 Å². The Morgan fingerprint density at radius 2 is 1.42 bits per heavy atom. The number of aromatic nitrogens is 2. The molecule has 0 spiro atoms. The minimum atomic E-state index is -1.11. The molecule has 0 saturated heterocycles. The lowest BCUT2D eigenvalue weighted by Gasteiger charge is -2.47. The average molecular weight is 711 g/mol. The van der Waals surface area contributed by atoms with Crippen LogP contribution >= 0.6 is 11.8 Å². The molecule has 1 aliphatic heterocycles. The van der Waals surface area contributed by atoms with Gasteiger partial charge in [0.25, 0.3) is 0 Å². The summed E-state index contributed by atoms with van der Waals surface area (Å²) < 4.78 is 42.4. The average Bonchev–Trinajstić information content (AvgIpc) is 3.19. The van der Waals surface area contributed by atoms with Crippen molar-refractivity contribution in [3.8, 4) is 22.8 Å². The van der Waals surface area contributed by atoms with Crippen molar-refractivity contribution in [2.24, 2.45) is 10.9 Å². The third kappa shape index (κ3) is 5.69. The number of fused-ring (bicyclic) bond motifs is 2. The zero-order chi connectivity index (χ0) is 35.7. The molecule has 0 fully saturated rings. The molecule has 2 aliphatic rings. The van der Waals surface area contributed by atoms with Gasteiger partial charge in [0, 0.05) is 65.0 Å². The number of hydrogen-bond donors (Lipinski definition) is 1. The molecule has 0 saturated carbocycles. The fraction of sp³-hybridized carbons (Fsp3) is 0.186. The molecule has 6 nitrogen and oxygen atoms in total. The van der Waals surface area contributed by atoms with Crippen molar-refractivity contribution in [3.05, 3.63) is 179 Å². The first-order chi connectivity index (χ1) is 25.5. The molecule has 1 aliphatic carbocycles. The number of halogens is 2. The second-order valence-corrected chi connectivity index (χ2v) is 14.1. The molecule has 6 aromatic rings. The van der Waals surface area contributed by atoms with E-state index < -0.39 is 22.7 Å². The van der Waals surface area contributed by atoms with Gasteiger partial charge in [-0.2, -0.15) is 0 Å². The van der Waals surface area contributed by atoms with E-state index in [2.05, 4.69) is 46.7 Å². The van der Waals surface area contributed by atoms with Gasteiger partial charge in [-0.05, 0) is 40.8 Å². The lowest BCUT2D eigenvalue weighted by Crippen LogP contribution is -2.52. The maximum absolute atomic E-state index is 16.3. The molecule has 9 heteroatoms. The van der Waals surface area contributed by atoms with Crippen molar-refractivity contribution in [1.82, 2.24) is 15.3 Å². The highest BCUT2D eigenvalue weighted by Gasteiger charge is 2.51. The highest BCUT2D eigenvalue weighted by atomic mass is 32.2. The monoisotopic (exact) mass is 710 g/mol. The predicted molar refractivity (Wildman–Crippen MR) is 202 cm³/mol. The Morgan fingerprint density at radius 1 is 0.769 bits per heavy atom. The molecule has 2 aromatic heterocycles. The predicted octanol–water partition coefficient (Wildman–Crippen LogP) is 8.73. The standard InChI is InChI=1S/C43H36F2N4O2S/c1-50-39-20-21-46-25-36(39)35-26-47-40(51-2)34-24-42(37-19-18-32(44)23-38(37)45)31(22-33(34)35)27-52-41(48-42)49-43(28-12-6-3-7-13-28,29-14-8-4-9-15-29)30-16-10-5-11-17-30/h3-21,23,25-26,31H,22,24,27H2,1-2H3,(H,48,49)/t31-,42-/m0/s1. The number of nitrogens with zero attached hydrogens (tertiary/aromatic N) is 3. The largest absolute Gasteiger partial charge is 0.496 e. The molecule has 0 unspecified atom stereocenters. The first-order valence-corrected chi connectivity index (χ1v) is 18.1. The summed E-state index contributed by atoms with van der Waals surface area (Å²) in [6, 6.07) is 36.5. The first-order valence-electron chi connectivity index (χ1n) is 17.1. The van der Waals surface area contributed by atoms with E-state index in [1.165, 1.54) is 6.07 Å². The van der Waals surface area contributed by atoms with Gasteiger partial charge in [-0.15, -0.1) is 0 Å². The van der Waals surface area contributed by atoms with Gasteiger partial charge >= 0.3 is 0 Å². The molecule has 1 N–H and O–H groups in total. The number of methoxy groups -OCH3 is 2. The van der Waals surface area contributed by atoms with Crippen molar-refractivity contribution < 1.29 is 18.3 Å². The third-order valence-corrected chi connectivity index (χ3v) is 11.4. The Kier molecular flexibility index (Phi) is 8.97. The zero-order valence-electron chi connectivity index (χ0n) is 28.7. The van der Waals surface area contributed by atoms with Crippen molar-refractivity contribution >= 4 is 16.9 Å². The van der Waals surface area contributed by atoms with E-state index >= 15 is 4.39 Å². The van der Waals surface area contributed by atoms with Crippen molar-refractivity contribution in [3.63, 3.8) is 0 Å². The summed E-state index contributed by atoms with van der Waals surface area (Å²) in [6.07, 6.45) is 6.08. The highest BCUT2D eigenvalue weighted by Crippen LogP contribution is 2.53.